The normalized spacial score (nSPS) is 10.9. The lowest BCUT2D eigenvalue weighted by atomic mass is 10.2. The quantitative estimate of drug-likeness (QED) is 0.349. The maximum Gasteiger partial charge on any atom is 0.433 e. The maximum atomic E-state index is 11.5. The number of hydrazone groups is 1. The standard InChI is InChI=1S/C14H15N3O4S/c18-13(6-2-1-4-12-5-3-9-22-12)16-15-10-11-7-8-14(21-11)17(19)20/h3,5,7-10H,1-2,4,6H2,(H,16,18). The Labute approximate surface area is 130 Å². The van der Waals surface area contributed by atoms with Crippen molar-refractivity contribution in [2.75, 3.05) is 0 Å². The highest BCUT2D eigenvalue weighted by molar-refractivity contribution is 7.09. The number of aryl methyl sites for hydroxylation is 1. The fourth-order valence-corrected chi connectivity index (χ4v) is 2.52. The maximum absolute atomic E-state index is 11.5. The summed E-state index contributed by atoms with van der Waals surface area (Å²) in [5.74, 6) is -0.338. The summed E-state index contributed by atoms with van der Waals surface area (Å²) in [4.78, 5) is 22.7. The molecule has 0 bridgehead atoms. The minimum absolute atomic E-state index is 0.191. The van der Waals surface area contributed by atoms with Crippen molar-refractivity contribution in [3.8, 4) is 0 Å². The van der Waals surface area contributed by atoms with Crippen molar-refractivity contribution in [1.82, 2.24) is 5.43 Å². The Bertz CT molecular complexity index is 649. The molecule has 0 fully saturated rings. The molecule has 22 heavy (non-hydrogen) atoms. The van der Waals surface area contributed by atoms with Gasteiger partial charge in [0.1, 0.15) is 4.92 Å². The van der Waals surface area contributed by atoms with Gasteiger partial charge in [0, 0.05) is 11.3 Å². The van der Waals surface area contributed by atoms with Gasteiger partial charge in [-0.05, 0) is 36.8 Å². The lowest BCUT2D eigenvalue weighted by Gasteiger charge is -1.99. The molecule has 7 nitrogen and oxygen atoms in total. The van der Waals surface area contributed by atoms with Crippen LogP contribution in [0.5, 0.6) is 0 Å². The first-order chi connectivity index (χ1) is 10.6. The third kappa shape index (κ3) is 5.13. The lowest BCUT2D eigenvalue weighted by Crippen LogP contribution is -2.16. The molecule has 116 valence electrons. The summed E-state index contributed by atoms with van der Waals surface area (Å²) in [6, 6.07) is 6.74. The first-order valence-electron chi connectivity index (χ1n) is 6.73. The predicted octanol–water partition coefficient (Wildman–Crippen LogP) is 3.11. The van der Waals surface area contributed by atoms with Gasteiger partial charge in [0.05, 0.1) is 12.3 Å². The van der Waals surface area contributed by atoms with Crippen LogP contribution in [0.1, 0.15) is 29.9 Å². The molecule has 0 aliphatic carbocycles. The van der Waals surface area contributed by atoms with E-state index in [1.807, 2.05) is 11.4 Å². The second-order valence-corrected chi connectivity index (χ2v) is 5.55. The number of furan rings is 1. The van der Waals surface area contributed by atoms with Gasteiger partial charge in [-0.2, -0.15) is 5.10 Å². The van der Waals surface area contributed by atoms with Crippen molar-refractivity contribution in [2.24, 2.45) is 5.10 Å². The molecule has 0 atom stereocenters. The number of nitrogens with one attached hydrogen (secondary N) is 1. The zero-order valence-electron chi connectivity index (χ0n) is 11.7. The molecular weight excluding hydrogens is 306 g/mol. The number of nitro groups is 1. The fraction of sp³-hybridized carbons (Fsp3) is 0.286. The average Bonchev–Trinajstić information content (AvgIpc) is 3.15. The second kappa shape index (κ2) is 8.08. The van der Waals surface area contributed by atoms with Gasteiger partial charge >= 0.3 is 5.88 Å². The number of hydrogen-bond acceptors (Lipinski definition) is 6. The summed E-state index contributed by atoms with van der Waals surface area (Å²) in [5, 5.41) is 16.2. The smallest absolute Gasteiger partial charge is 0.400 e. The van der Waals surface area contributed by atoms with Crippen LogP contribution in [-0.4, -0.2) is 17.0 Å². The monoisotopic (exact) mass is 321 g/mol. The van der Waals surface area contributed by atoms with Crippen molar-refractivity contribution in [3.05, 3.63) is 50.4 Å². The first-order valence-corrected chi connectivity index (χ1v) is 7.61. The average molecular weight is 321 g/mol. The third-order valence-corrected chi connectivity index (χ3v) is 3.77. The van der Waals surface area contributed by atoms with Gasteiger partial charge < -0.3 is 4.42 Å². The van der Waals surface area contributed by atoms with Gasteiger partial charge in [0.2, 0.25) is 5.91 Å². The van der Waals surface area contributed by atoms with Crippen LogP contribution < -0.4 is 5.43 Å². The largest absolute Gasteiger partial charge is 0.433 e. The number of rotatable bonds is 8. The Morgan fingerprint density at radius 2 is 2.27 bits per heavy atom. The SMILES string of the molecule is O=C(CCCCc1cccs1)NN=Cc1ccc([N+](=O)[O-])o1. The van der Waals surface area contributed by atoms with Gasteiger partial charge in [-0.3, -0.25) is 14.9 Å². The highest BCUT2D eigenvalue weighted by atomic mass is 32.1. The number of carbonyl (C=O) groups is 1. The number of hydrogen-bond donors (Lipinski definition) is 1. The Hall–Kier alpha value is -2.48. The molecule has 2 aromatic rings. The molecule has 1 N–H and O–H groups in total. The minimum Gasteiger partial charge on any atom is -0.400 e. The number of nitrogens with zero attached hydrogens (tertiary/aromatic N) is 2. The molecule has 0 aliphatic rings. The fourth-order valence-electron chi connectivity index (χ4n) is 1.77. The first kappa shape index (κ1) is 15.9. The van der Waals surface area contributed by atoms with Gasteiger partial charge in [0.25, 0.3) is 0 Å². The lowest BCUT2D eigenvalue weighted by molar-refractivity contribution is -0.402. The molecule has 2 aromatic heterocycles. The molecule has 0 aliphatic heterocycles. The van der Waals surface area contributed by atoms with Crippen LogP contribution in [0.25, 0.3) is 0 Å². The molecule has 8 heteroatoms. The number of unbranched alkanes of at least 4 members (excludes halogenated alkanes) is 1. The van der Waals surface area contributed by atoms with E-state index in [1.54, 1.807) is 11.3 Å². The number of amides is 1. The van der Waals surface area contributed by atoms with Crippen molar-refractivity contribution in [3.63, 3.8) is 0 Å². The zero-order valence-corrected chi connectivity index (χ0v) is 12.5. The molecular formula is C14H15N3O4S. The molecule has 0 radical (unpaired) electrons. The molecule has 1 amide bonds. The Morgan fingerprint density at radius 1 is 1.41 bits per heavy atom. The number of thiophene rings is 1. The van der Waals surface area contributed by atoms with Crippen LogP contribution in [0.4, 0.5) is 5.88 Å². The predicted molar refractivity (Wildman–Crippen MR) is 83.0 cm³/mol. The summed E-state index contributed by atoms with van der Waals surface area (Å²) in [6.45, 7) is 0. The van der Waals surface area contributed by atoms with Crippen molar-refractivity contribution >= 4 is 29.3 Å². The van der Waals surface area contributed by atoms with E-state index in [9.17, 15) is 14.9 Å². The van der Waals surface area contributed by atoms with E-state index in [0.717, 1.165) is 19.3 Å². The molecule has 0 unspecified atom stereocenters. The highest BCUT2D eigenvalue weighted by Gasteiger charge is 2.10. The van der Waals surface area contributed by atoms with Crippen molar-refractivity contribution in [1.29, 1.82) is 0 Å². The topological polar surface area (TPSA) is 97.7 Å². The van der Waals surface area contributed by atoms with Crippen LogP contribution in [-0.2, 0) is 11.2 Å². The summed E-state index contributed by atoms with van der Waals surface area (Å²) < 4.78 is 4.87. The number of carbonyl (C=O) groups excluding carboxylic acids is 1. The summed E-state index contributed by atoms with van der Waals surface area (Å²) in [7, 11) is 0. The molecule has 0 saturated carbocycles. The summed E-state index contributed by atoms with van der Waals surface area (Å²) >= 11 is 1.71. The van der Waals surface area contributed by atoms with E-state index >= 15 is 0 Å². The van der Waals surface area contributed by atoms with E-state index in [-0.39, 0.29) is 17.6 Å². The Morgan fingerprint density at radius 3 is 2.95 bits per heavy atom. The van der Waals surface area contributed by atoms with Gasteiger partial charge in [-0.25, -0.2) is 5.43 Å². The molecule has 2 heterocycles. The van der Waals surface area contributed by atoms with E-state index in [1.165, 1.54) is 23.2 Å². The zero-order chi connectivity index (χ0) is 15.8. The van der Waals surface area contributed by atoms with E-state index in [2.05, 4.69) is 16.6 Å². The molecule has 0 saturated heterocycles. The van der Waals surface area contributed by atoms with Gasteiger partial charge in [-0.15, -0.1) is 11.3 Å². The highest BCUT2D eigenvalue weighted by Crippen LogP contribution is 2.14. The van der Waals surface area contributed by atoms with Crippen LogP contribution in [0.2, 0.25) is 0 Å². The Kier molecular flexibility index (Phi) is 5.84. The minimum atomic E-state index is -0.635. The van der Waals surface area contributed by atoms with Crippen molar-refractivity contribution in [2.45, 2.75) is 25.7 Å². The van der Waals surface area contributed by atoms with Gasteiger partial charge in [-0.1, -0.05) is 6.07 Å². The Balaban J connectivity index is 1.64. The van der Waals surface area contributed by atoms with Crippen LogP contribution in [0, 0.1) is 10.1 Å². The van der Waals surface area contributed by atoms with Crippen molar-refractivity contribution < 1.29 is 14.1 Å². The molecule has 2 rings (SSSR count). The van der Waals surface area contributed by atoms with Gasteiger partial charge in [0.15, 0.2) is 5.76 Å². The van der Waals surface area contributed by atoms with E-state index < -0.39 is 4.92 Å². The molecule has 0 spiro atoms. The summed E-state index contributed by atoms with van der Waals surface area (Å²) in [6.07, 6.45) is 4.33. The van der Waals surface area contributed by atoms with E-state index in [4.69, 9.17) is 4.42 Å². The van der Waals surface area contributed by atoms with E-state index in [0.29, 0.717) is 6.42 Å². The van der Waals surface area contributed by atoms with Crippen LogP contribution in [0.15, 0.2) is 39.2 Å². The molecule has 0 aromatic carbocycles. The third-order valence-electron chi connectivity index (χ3n) is 2.83. The second-order valence-electron chi connectivity index (χ2n) is 4.51. The van der Waals surface area contributed by atoms with Crippen LogP contribution in [0.3, 0.4) is 0 Å². The summed E-state index contributed by atoms with van der Waals surface area (Å²) in [5.41, 5.74) is 2.37. The van der Waals surface area contributed by atoms with Crippen LogP contribution >= 0.6 is 11.3 Å².